The van der Waals surface area contributed by atoms with E-state index in [0.717, 1.165) is 30.4 Å². The number of esters is 1. The van der Waals surface area contributed by atoms with Crippen LogP contribution < -0.4 is 0 Å². The van der Waals surface area contributed by atoms with Gasteiger partial charge in [0.05, 0.1) is 29.9 Å². The van der Waals surface area contributed by atoms with Gasteiger partial charge in [-0.05, 0) is 37.5 Å². The van der Waals surface area contributed by atoms with Crippen LogP contribution in [0.3, 0.4) is 0 Å². The highest BCUT2D eigenvalue weighted by molar-refractivity contribution is 5.89. The van der Waals surface area contributed by atoms with E-state index in [-0.39, 0.29) is 31.1 Å². The lowest BCUT2D eigenvalue weighted by Crippen LogP contribution is -2.49. The van der Waals surface area contributed by atoms with E-state index in [1.165, 1.54) is 0 Å². The van der Waals surface area contributed by atoms with Crippen molar-refractivity contribution in [3.63, 3.8) is 0 Å². The van der Waals surface area contributed by atoms with Crippen LogP contribution in [0.2, 0.25) is 0 Å². The molecule has 0 radical (unpaired) electrons. The fourth-order valence-electron chi connectivity index (χ4n) is 4.64. The lowest BCUT2D eigenvalue weighted by molar-refractivity contribution is -0.140. The van der Waals surface area contributed by atoms with E-state index in [2.05, 4.69) is 29.4 Å². The Hall–Kier alpha value is -3.52. The molecule has 3 aromatic rings. The highest BCUT2D eigenvalue weighted by Gasteiger charge is 2.39. The van der Waals surface area contributed by atoms with Gasteiger partial charge in [0.1, 0.15) is 12.3 Å². The summed E-state index contributed by atoms with van der Waals surface area (Å²) in [5.74, 6) is -0.363. The summed E-state index contributed by atoms with van der Waals surface area (Å²) in [4.78, 5) is 27.2. The van der Waals surface area contributed by atoms with Gasteiger partial charge in [-0.15, -0.1) is 5.10 Å². The number of aryl methyl sites for hydroxylation is 1. The number of unbranched alkanes of at least 4 members (excludes halogenated alkanes) is 2. The molecule has 8 nitrogen and oxygen atoms in total. The number of carbonyl (C=O) groups is 2. The van der Waals surface area contributed by atoms with Crippen LogP contribution in [0, 0.1) is 6.92 Å². The summed E-state index contributed by atoms with van der Waals surface area (Å²) in [6.07, 6.45) is 4.82. The maximum atomic E-state index is 13.1. The van der Waals surface area contributed by atoms with Crippen LogP contribution in [0.15, 0.2) is 60.8 Å². The van der Waals surface area contributed by atoms with Gasteiger partial charge < -0.3 is 14.7 Å². The molecule has 1 aliphatic heterocycles. The van der Waals surface area contributed by atoms with E-state index in [1.54, 1.807) is 35.1 Å². The predicted molar refractivity (Wildman–Crippen MR) is 135 cm³/mol. The van der Waals surface area contributed by atoms with E-state index in [1.807, 2.05) is 30.0 Å². The Morgan fingerprint density at radius 3 is 2.56 bits per heavy atom. The molecule has 0 bridgehead atoms. The highest BCUT2D eigenvalue weighted by atomic mass is 16.5. The number of β-amino-alcohol motifs (C(OH)–C–C–N with tert-alkyl or cyclic N) is 1. The topological polar surface area (TPSA) is 97.6 Å². The second-order valence-electron chi connectivity index (χ2n) is 9.43. The van der Waals surface area contributed by atoms with Crippen molar-refractivity contribution < 1.29 is 19.4 Å². The number of aliphatic hydroxyl groups excluding tert-OH is 1. The fourth-order valence-corrected chi connectivity index (χ4v) is 4.64. The van der Waals surface area contributed by atoms with Crippen LogP contribution in [0.1, 0.15) is 78.3 Å². The number of aromatic nitrogens is 3. The molecule has 0 aliphatic carbocycles. The van der Waals surface area contributed by atoms with E-state index in [9.17, 15) is 14.7 Å². The third-order valence-electron chi connectivity index (χ3n) is 6.70. The molecule has 190 valence electrons. The number of aliphatic hydroxyl groups is 1. The van der Waals surface area contributed by atoms with Crippen LogP contribution in [0.5, 0.6) is 0 Å². The summed E-state index contributed by atoms with van der Waals surface area (Å²) in [5, 5.41) is 19.4. The van der Waals surface area contributed by atoms with Crippen molar-refractivity contribution in [3.05, 3.63) is 83.2 Å². The van der Waals surface area contributed by atoms with Gasteiger partial charge in [0.25, 0.3) is 0 Å². The maximum Gasteiger partial charge on any atom is 0.338 e. The molecule has 36 heavy (non-hydrogen) atoms. The Labute approximate surface area is 211 Å². The minimum absolute atomic E-state index is 0.0139. The van der Waals surface area contributed by atoms with Crippen molar-refractivity contribution in [3.8, 4) is 0 Å². The molecule has 0 unspecified atom stereocenters. The van der Waals surface area contributed by atoms with Crippen LogP contribution in [-0.4, -0.2) is 49.5 Å². The molecular formula is C28H34N4O4. The molecule has 0 saturated carbocycles. The molecule has 1 amide bonds. The van der Waals surface area contributed by atoms with Gasteiger partial charge in [-0.3, -0.25) is 4.79 Å². The van der Waals surface area contributed by atoms with E-state index < -0.39 is 12.1 Å². The molecule has 4 rings (SSSR count). The number of piperidine rings is 1. The Morgan fingerprint density at radius 1 is 1.08 bits per heavy atom. The van der Waals surface area contributed by atoms with Gasteiger partial charge in [0.15, 0.2) is 0 Å². The first-order chi connectivity index (χ1) is 17.5. The number of hydrogen-bond acceptors (Lipinski definition) is 6. The van der Waals surface area contributed by atoms with Crippen LogP contribution in [0.4, 0.5) is 0 Å². The molecule has 1 N–H and O–H groups in total. The lowest BCUT2D eigenvalue weighted by atomic mass is 9.89. The Bertz CT molecular complexity index is 1150. The van der Waals surface area contributed by atoms with Crippen molar-refractivity contribution in [2.75, 3.05) is 6.54 Å². The SMILES string of the molecule is CCCCCC(=O)N1C[C@H](O)[C@@H](n2cc(COC(=O)c3ccccc3)nn2)C[C@@H]1c1ccc(C)cc1. The number of nitrogens with zero attached hydrogens (tertiary/aromatic N) is 4. The smallest absolute Gasteiger partial charge is 0.338 e. The first kappa shape index (κ1) is 25.6. The van der Waals surface area contributed by atoms with Gasteiger partial charge in [0, 0.05) is 13.0 Å². The molecule has 1 aliphatic rings. The Kier molecular flexibility index (Phi) is 8.48. The molecule has 8 heteroatoms. The zero-order valence-corrected chi connectivity index (χ0v) is 20.9. The van der Waals surface area contributed by atoms with Gasteiger partial charge in [-0.25, -0.2) is 9.48 Å². The van der Waals surface area contributed by atoms with E-state index in [4.69, 9.17) is 4.74 Å². The summed E-state index contributed by atoms with van der Waals surface area (Å²) in [7, 11) is 0. The number of likely N-dealkylation sites (tertiary alicyclic amines) is 1. The lowest BCUT2D eigenvalue weighted by Gasteiger charge is -2.42. The third-order valence-corrected chi connectivity index (χ3v) is 6.70. The normalized spacial score (nSPS) is 19.8. The zero-order chi connectivity index (χ0) is 25.5. The van der Waals surface area contributed by atoms with Crippen molar-refractivity contribution >= 4 is 11.9 Å². The third kappa shape index (κ3) is 6.18. The quantitative estimate of drug-likeness (QED) is 0.353. The molecule has 1 fully saturated rings. The first-order valence-corrected chi connectivity index (χ1v) is 12.6. The van der Waals surface area contributed by atoms with E-state index >= 15 is 0 Å². The summed E-state index contributed by atoms with van der Waals surface area (Å²) in [6, 6.07) is 16.4. The molecular weight excluding hydrogens is 456 g/mol. The van der Waals surface area contributed by atoms with Crippen molar-refractivity contribution in [1.82, 2.24) is 19.9 Å². The summed E-state index contributed by atoms with van der Waals surface area (Å²) < 4.78 is 7.00. The predicted octanol–water partition coefficient (Wildman–Crippen LogP) is 4.40. The number of ether oxygens (including phenoxy) is 1. The van der Waals surface area contributed by atoms with Gasteiger partial charge in [-0.1, -0.05) is 73.0 Å². The molecule has 0 spiro atoms. The molecule has 3 atom stereocenters. The van der Waals surface area contributed by atoms with Gasteiger partial charge in [0.2, 0.25) is 5.91 Å². The average Bonchev–Trinajstić information content (AvgIpc) is 3.37. The second kappa shape index (κ2) is 11.9. The largest absolute Gasteiger partial charge is 0.455 e. The van der Waals surface area contributed by atoms with Crippen molar-refractivity contribution in [2.45, 2.75) is 70.7 Å². The monoisotopic (exact) mass is 490 g/mol. The summed E-state index contributed by atoms with van der Waals surface area (Å²) >= 11 is 0. The van der Waals surface area contributed by atoms with Crippen molar-refractivity contribution in [2.24, 2.45) is 0 Å². The van der Waals surface area contributed by atoms with Gasteiger partial charge in [-0.2, -0.15) is 0 Å². The molecule has 1 saturated heterocycles. The molecule has 2 heterocycles. The fraction of sp³-hybridized carbons (Fsp3) is 0.429. The number of amides is 1. The Morgan fingerprint density at radius 2 is 1.83 bits per heavy atom. The second-order valence-corrected chi connectivity index (χ2v) is 9.43. The number of benzene rings is 2. The summed E-state index contributed by atoms with van der Waals surface area (Å²) in [5.41, 5.74) is 3.16. The van der Waals surface area contributed by atoms with Crippen LogP contribution >= 0.6 is 0 Å². The number of rotatable bonds is 9. The summed E-state index contributed by atoms with van der Waals surface area (Å²) in [6.45, 7) is 4.36. The standard InChI is InChI=1S/C28H34N4O4/c1-3-4-6-11-27(34)31-18-26(33)25(16-24(31)21-14-12-20(2)13-15-21)32-17-23(29-30-32)19-36-28(35)22-9-7-5-8-10-22/h5,7-10,12-15,17,24-26,33H,3-4,6,11,16,18-19H2,1-2H3/t24-,25+,26+/m1/s1. The minimum Gasteiger partial charge on any atom is -0.455 e. The maximum absolute atomic E-state index is 13.1. The minimum atomic E-state index is -0.789. The van der Waals surface area contributed by atoms with Crippen molar-refractivity contribution in [1.29, 1.82) is 0 Å². The van der Waals surface area contributed by atoms with Crippen LogP contribution in [-0.2, 0) is 16.1 Å². The number of hydrogen-bond donors (Lipinski definition) is 1. The molecule has 2 aromatic carbocycles. The highest BCUT2D eigenvalue weighted by Crippen LogP contribution is 2.37. The molecule has 1 aromatic heterocycles. The van der Waals surface area contributed by atoms with Crippen LogP contribution in [0.25, 0.3) is 0 Å². The number of carbonyl (C=O) groups excluding carboxylic acids is 2. The Balaban J connectivity index is 1.48. The first-order valence-electron chi connectivity index (χ1n) is 12.6. The van der Waals surface area contributed by atoms with Gasteiger partial charge >= 0.3 is 5.97 Å². The average molecular weight is 491 g/mol. The zero-order valence-electron chi connectivity index (χ0n) is 20.9. The van der Waals surface area contributed by atoms with E-state index in [0.29, 0.717) is 24.1 Å².